The van der Waals surface area contributed by atoms with Crippen molar-refractivity contribution in [1.82, 2.24) is 5.32 Å². The summed E-state index contributed by atoms with van der Waals surface area (Å²) >= 11 is 1.62. The van der Waals surface area contributed by atoms with E-state index in [2.05, 4.69) is 37.4 Å². The van der Waals surface area contributed by atoms with Crippen LogP contribution >= 0.6 is 11.3 Å². The minimum Gasteiger partial charge on any atom is -0.345 e. The van der Waals surface area contributed by atoms with Gasteiger partial charge >= 0.3 is 0 Å². The monoisotopic (exact) mass is 285 g/mol. The molecule has 0 bridgehead atoms. The number of carbonyl (C=O) groups is 1. The second-order valence-electron chi connectivity index (χ2n) is 5.33. The van der Waals surface area contributed by atoms with Gasteiger partial charge in [0.25, 0.3) is 5.91 Å². The van der Waals surface area contributed by atoms with Gasteiger partial charge in [-0.05, 0) is 48.9 Å². The third-order valence-corrected chi connectivity index (χ3v) is 5.38. The normalized spacial score (nSPS) is 17.0. The van der Waals surface area contributed by atoms with Crippen molar-refractivity contribution in [2.24, 2.45) is 0 Å². The fourth-order valence-corrected chi connectivity index (χ4v) is 3.94. The molecule has 0 aliphatic heterocycles. The molecule has 0 saturated carbocycles. The molecule has 1 aliphatic carbocycles. The quantitative estimate of drug-likeness (QED) is 0.906. The van der Waals surface area contributed by atoms with Crippen LogP contribution in [-0.2, 0) is 12.8 Å². The molecule has 1 N–H and O–H groups in total. The molecule has 2 nitrogen and oxygen atoms in total. The topological polar surface area (TPSA) is 29.1 Å². The van der Waals surface area contributed by atoms with Gasteiger partial charge in [-0.1, -0.05) is 31.2 Å². The lowest BCUT2D eigenvalue weighted by Gasteiger charge is -2.13. The molecular weight excluding hydrogens is 266 g/mol. The number of hydrogen-bond donors (Lipinski definition) is 1. The molecule has 1 heterocycles. The minimum absolute atomic E-state index is 0.0690. The molecule has 3 heteroatoms. The fourth-order valence-electron chi connectivity index (χ4n) is 2.92. The van der Waals surface area contributed by atoms with Crippen molar-refractivity contribution in [2.75, 3.05) is 0 Å². The van der Waals surface area contributed by atoms with Crippen molar-refractivity contribution < 1.29 is 4.79 Å². The van der Waals surface area contributed by atoms with Gasteiger partial charge in [0.1, 0.15) is 0 Å². The van der Waals surface area contributed by atoms with Gasteiger partial charge in [0.2, 0.25) is 0 Å². The van der Waals surface area contributed by atoms with Crippen molar-refractivity contribution >= 4 is 17.2 Å². The molecule has 20 heavy (non-hydrogen) atoms. The zero-order valence-corrected chi connectivity index (χ0v) is 12.7. The molecule has 0 radical (unpaired) electrons. The van der Waals surface area contributed by atoms with Crippen LogP contribution in [0.2, 0.25) is 0 Å². The Bertz CT molecular complexity index is 644. The third-order valence-electron chi connectivity index (χ3n) is 4.00. The third kappa shape index (κ3) is 2.38. The van der Waals surface area contributed by atoms with Crippen molar-refractivity contribution in [1.29, 1.82) is 0 Å². The molecule has 1 atom stereocenters. The minimum atomic E-state index is 0.0690. The van der Waals surface area contributed by atoms with Gasteiger partial charge in [-0.2, -0.15) is 0 Å². The number of benzene rings is 1. The van der Waals surface area contributed by atoms with Gasteiger partial charge in [-0.15, -0.1) is 11.3 Å². The Morgan fingerprint density at radius 1 is 1.40 bits per heavy atom. The van der Waals surface area contributed by atoms with Crippen molar-refractivity contribution in [3.63, 3.8) is 0 Å². The maximum Gasteiger partial charge on any atom is 0.261 e. The van der Waals surface area contributed by atoms with Gasteiger partial charge in [-0.25, -0.2) is 0 Å². The summed E-state index contributed by atoms with van der Waals surface area (Å²) in [6.45, 7) is 4.21. The van der Waals surface area contributed by atoms with Crippen LogP contribution in [0, 0.1) is 6.92 Å². The van der Waals surface area contributed by atoms with Crippen LogP contribution in [0.5, 0.6) is 0 Å². The first-order valence-corrected chi connectivity index (χ1v) is 7.98. The smallest absolute Gasteiger partial charge is 0.261 e. The lowest BCUT2D eigenvalue weighted by atomic mass is 10.1. The van der Waals surface area contributed by atoms with E-state index in [-0.39, 0.29) is 11.9 Å². The SMILES string of the molecule is CCc1sc(C(=O)N[C@H]2CCc3ccccc32)cc1C. The van der Waals surface area contributed by atoms with Crippen molar-refractivity contribution in [3.05, 3.63) is 56.8 Å². The predicted octanol–water partition coefficient (Wildman–Crippen LogP) is 4.04. The van der Waals surface area contributed by atoms with E-state index in [0.717, 1.165) is 24.1 Å². The molecule has 1 amide bonds. The summed E-state index contributed by atoms with van der Waals surface area (Å²) in [4.78, 5) is 14.5. The number of carbonyl (C=O) groups excluding carboxylic acids is 1. The van der Waals surface area contributed by atoms with E-state index in [1.165, 1.54) is 21.6 Å². The average Bonchev–Trinajstić information content (AvgIpc) is 3.03. The second kappa shape index (κ2) is 5.41. The molecule has 0 spiro atoms. The summed E-state index contributed by atoms with van der Waals surface area (Å²) in [6, 6.07) is 10.6. The Morgan fingerprint density at radius 2 is 2.20 bits per heavy atom. The molecule has 1 aliphatic rings. The highest BCUT2D eigenvalue weighted by atomic mass is 32.1. The number of aryl methyl sites for hydroxylation is 3. The zero-order chi connectivity index (χ0) is 14.1. The largest absolute Gasteiger partial charge is 0.345 e. The lowest BCUT2D eigenvalue weighted by Crippen LogP contribution is -2.26. The first-order chi connectivity index (χ1) is 9.69. The van der Waals surface area contributed by atoms with E-state index in [9.17, 15) is 4.79 Å². The standard InChI is InChI=1S/C17H19NOS/c1-3-15-11(2)10-16(20-15)17(19)18-14-9-8-12-6-4-5-7-13(12)14/h4-7,10,14H,3,8-9H2,1-2H3,(H,18,19)/t14-/m0/s1. The van der Waals surface area contributed by atoms with Crippen LogP contribution in [0.3, 0.4) is 0 Å². The Morgan fingerprint density at radius 3 is 2.95 bits per heavy atom. The van der Waals surface area contributed by atoms with E-state index < -0.39 is 0 Å². The number of thiophene rings is 1. The average molecular weight is 285 g/mol. The Kier molecular flexibility index (Phi) is 3.62. The predicted molar refractivity (Wildman–Crippen MR) is 83.4 cm³/mol. The second-order valence-corrected chi connectivity index (χ2v) is 6.47. The Labute approximate surface area is 123 Å². The van der Waals surface area contributed by atoms with E-state index in [1.54, 1.807) is 11.3 Å². The molecule has 0 fully saturated rings. The van der Waals surface area contributed by atoms with Crippen LogP contribution in [0.1, 0.15) is 50.6 Å². The number of amides is 1. The molecule has 3 rings (SSSR count). The van der Waals surface area contributed by atoms with E-state index in [4.69, 9.17) is 0 Å². The Balaban J connectivity index is 1.77. The highest BCUT2D eigenvalue weighted by molar-refractivity contribution is 7.14. The molecule has 0 unspecified atom stereocenters. The Hall–Kier alpha value is -1.61. The van der Waals surface area contributed by atoms with Gasteiger partial charge < -0.3 is 5.32 Å². The molecule has 104 valence electrons. The molecular formula is C17H19NOS. The maximum absolute atomic E-state index is 12.4. The van der Waals surface area contributed by atoms with Gasteiger partial charge in [-0.3, -0.25) is 4.79 Å². The van der Waals surface area contributed by atoms with Gasteiger partial charge in [0, 0.05) is 4.88 Å². The van der Waals surface area contributed by atoms with Crippen molar-refractivity contribution in [2.45, 2.75) is 39.2 Å². The molecule has 1 aromatic carbocycles. The van der Waals surface area contributed by atoms with Gasteiger partial charge in [0.05, 0.1) is 10.9 Å². The van der Waals surface area contributed by atoms with Crippen LogP contribution < -0.4 is 5.32 Å². The number of fused-ring (bicyclic) bond motifs is 1. The molecule has 1 aromatic heterocycles. The first kappa shape index (κ1) is 13.4. The highest BCUT2D eigenvalue weighted by Crippen LogP contribution is 2.31. The summed E-state index contributed by atoms with van der Waals surface area (Å²) in [6.07, 6.45) is 3.07. The van der Waals surface area contributed by atoms with Crippen LogP contribution in [-0.4, -0.2) is 5.91 Å². The van der Waals surface area contributed by atoms with E-state index in [0.29, 0.717) is 0 Å². The van der Waals surface area contributed by atoms with E-state index in [1.807, 2.05) is 12.1 Å². The highest BCUT2D eigenvalue weighted by Gasteiger charge is 2.24. The summed E-state index contributed by atoms with van der Waals surface area (Å²) in [5, 5.41) is 3.19. The van der Waals surface area contributed by atoms with Crippen LogP contribution in [0.15, 0.2) is 30.3 Å². The van der Waals surface area contributed by atoms with Crippen LogP contribution in [0.4, 0.5) is 0 Å². The number of rotatable bonds is 3. The van der Waals surface area contributed by atoms with Crippen LogP contribution in [0.25, 0.3) is 0 Å². The first-order valence-electron chi connectivity index (χ1n) is 7.17. The summed E-state index contributed by atoms with van der Waals surface area (Å²) in [5.74, 6) is 0.0690. The zero-order valence-electron chi connectivity index (χ0n) is 11.9. The maximum atomic E-state index is 12.4. The lowest BCUT2D eigenvalue weighted by molar-refractivity contribution is 0.0941. The number of nitrogens with one attached hydrogen (secondary N) is 1. The van der Waals surface area contributed by atoms with E-state index >= 15 is 0 Å². The molecule has 0 saturated heterocycles. The van der Waals surface area contributed by atoms with Crippen molar-refractivity contribution in [3.8, 4) is 0 Å². The summed E-state index contributed by atoms with van der Waals surface area (Å²) < 4.78 is 0. The number of hydrogen-bond acceptors (Lipinski definition) is 2. The summed E-state index contributed by atoms with van der Waals surface area (Å²) in [5.41, 5.74) is 3.88. The summed E-state index contributed by atoms with van der Waals surface area (Å²) in [7, 11) is 0. The van der Waals surface area contributed by atoms with Gasteiger partial charge in [0.15, 0.2) is 0 Å². The fraction of sp³-hybridized carbons (Fsp3) is 0.353. The molecule has 2 aromatic rings.